The SMILES string of the molecule is CCCNc1ccnc(-c2ccc(Br)cc2)c1. The van der Waals surface area contributed by atoms with E-state index >= 15 is 0 Å². The number of nitrogens with one attached hydrogen (secondary N) is 1. The van der Waals surface area contributed by atoms with Gasteiger partial charge in [-0.25, -0.2) is 0 Å². The number of aromatic nitrogens is 1. The van der Waals surface area contributed by atoms with Gasteiger partial charge in [0, 0.05) is 28.5 Å². The maximum atomic E-state index is 4.39. The molecule has 2 nitrogen and oxygen atoms in total. The number of rotatable bonds is 4. The number of benzene rings is 1. The zero-order chi connectivity index (χ0) is 12.1. The first-order chi connectivity index (χ1) is 8.29. The van der Waals surface area contributed by atoms with E-state index < -0.39 is 0 Å². The summed E-state index contributed by atoms with van der Waals surface area (Å²) in [4.78, 5) is 4.39. The third-order valence-electron chi connectivity index (χ3n) is 2.48. The molecule has 17 heavy (non-hydrogen) atoms. The van der Waals surface area contributed by atoms with E-state index in [-0.39, 0.29) is 0 Å². The molecule has 0 aliphatic heterocycles. The van der Waals surface area contributed by atoms with Gasteiger partial charge >= 0.3 is 0 Å². The van der Waals surface area contributed by atoms with Crippen LogP contribution in [-0.4, -0.2) is 11.5 Å². The molecule has 0 aliphatic carbocycles. The molecular formula is C14H15BrN2. The molecule has 0 saturated carbocycles. The van der Waals surface area contributed by atoms with E-state index in [1.165, 1.54) is 0 Å². The normalized spacial score (nSPS) is 10.2. The summed E-state index contributed by atoms with van der Waals surface area (Å²) in [5, 5.41) is 3.37. The fraction of sp³-hybridized carbons (Fsp3) is 0.214. The summed E-state index contributed by atoms with van der Waals surface area (Å²) in [5.41, 5.74) is 3.26. The first-order valence-corrected chi connectivity index (χ1v) is 6.55. The van der Waals surface area contributed by atoms with Crippen LogP contribution >= 0.6 is 15.9 Å². The average molecular weight is 291 g/mol. The summed E-state index contributed by atoms with van der Waals surface area (Å²) in [5.74, 6) is 0. The second-order valence-electron chi connectivity index (χ2n) is 3.86. The van der Waals surface area contributed by atoms with E-state index in [2.05, 4.69) is 51.4 Å². The van der Waals surface area contributed by atoms with Crippen molar-refractivity contribution in [2.45, 2.75) is 13.3 Å². The van der Waals surface area contributed by atoms with Crippen molar-refractivity contribution in [3.63, 3.8) is 0 Å². The fourth-order valence-corrected chi connectivity index (χ4v) is 1.85. The first kappa shape index (κ1) is 12.1. The molecule has 0 amide bonds. The highest BCUT2D eigenvalue weighted by atomic mass is 79.9. The van der Waals surface area contributed by atoms with Crippen molar-refractivity contribution in [1.29, 1.82) is 0 Å². The average Bonchev–Trinajstić information content (AvgIpc) is 2.37. The molecule has 1 heterocycles. The minimum atomic E-state index is 0.990. The van der Waals surface area contributed by atoms with E-state index in [4.69, 9.17) is 0 Å². The van der Waals surface area contributed by atoms with Crippen molar-refractivity contribution in [3.8, 4) is 11.3 Å². The van der Waals surface area contributed by atoms with Gasteiger partial charge in [0.1, 0.15) is 0 Å². The van der Waals surface area contributed by atoms with Gasteiger partial charge in [-0.1, -0.05) is 35.0 Å². The number of halogens is 1. The minimum absolute atomic E-state index is 0.990. The molecule has 88 valence electrons. The van der Waals surface area contributed by atoms with Crippen LogP contribution in [0.1, 0.15) is 13.3 Å². The van der Waals surface area contributed by atoms with Crippen molar-refractivity contribution in [3.05, 3.63) is 47.1 Å². The standard InChI is InChI=1S/C14H15BrN2/c1-2-8-16-13-7-9-17-14(10-13)11-3-5-12(15)6-4-11/h3-7,9-10H,2,8H2,1H3,(H,16,17). The lowest BCUT2D eigenvalue weighted by atomic mass is 10.1. The molecule has 0 bridgehead atoms. The molecule has 1 aromatic heterocycles. The second-order valence-corrected chi connectivity index (χ2v) is 4.78. The molecule has 0 fully saturated rings. The highest BCUT2D eigenvalue weighted by molar-refractivity contribution is 9.10. The van der Waals surface area contributed by atoms with Gasteiger partial charge in [-0.15, -0.1) is 0 Å². The molecule has 1 aromatic carbocycles. The Morgan fingerprint density at radius 2 is 1.94 bits per heavy atom. The molecule has 3 heteroatoms. The molecule has 0 saturated heterocycles. The lowest BCUT2D eigenvalue weighted by molar-refractivity contribution is 0.979. The van der Waals surface area contributed by atoms with Gasteiger partial charge in [0.15, 0.2) is 0 Å². The quantitative estimate of drug-likeness (QED) is 0.906. The van der Waals surface area contributed by atoms with Crippen LogP contribution in [0, 0.1) is 0 Å². The monoisotopic (exact) mass is 290 g/mol. The van der Waals surface area contributed by atoms with E-state index in [0.717, 1.165) is 34.4 Å². The van der Waals surface area contributed by atoms with Gasteiger partial charge in [-0.2, -0.15) is 0 Å². The first-order valence-electron chi connectivity index (χ1n) is 5.75. The molecule has 0 spiro atoms. The Hall–Kier alpha value is -1.35. The van der Waals surface area contributed by atoms with Crippen LogP contribution in [0.5, 0.6) is 0 Å². The highest BCUT2D eigenvalue weighted by Crippen LogP contribution is 2.22. The Morgan fingerprint density at radius 1 is 1.18 bits per heavy atom. The third kappa shape index (κ3) is 3.30. The van der Waals surface area contributed by atoms with Crippen LogP contribution in [0.15, 0.2) is 47.1 Å². The van der Waals surface area contributed by atoms with Crippen molar-refractivity contribution >= 4 is 21.6 Å². The Morgan fingerprint density at radius 3 is 2.65 bits per heavy atom. The van der Waals surface area contributed by atoms with E-state index in [0.29, 0.717) is 0 Å². The Bertz CT molecular complexity index is 480. The highest BCUT2D eigenvalue weighted by Gasteiger charge is 2.00. The van der Waals surface area contributed by atoms with Gasteiger partial charge in [-0.05, 0) is 30.7 Å². The van der Waals surface area contributed by atoms with E-state index in [1.807, 2.05) is 24.4 Å². The summed E-state index contributed by atoms with van der Waals surface area (Å²) in [6, 6.07) is 12.3. The molecule has 0 unspecified atom stereocenters. The zero-order valence-corrected chi connectivity index (χ0v) is 11.4. The maximum Gasteiger partial charge on any atom is 0.0722 e. The van der Waals surface area contributed by atoms with Crippen LogP contribution in [0.4, 0.5) is 5.69 Å². The van der Waals surface area contributed by atoms with Gasteiger partial charge in [-0.3, -0.25) is 4.98 Å². The molecule has 1 N–H and O–H groups in total. The van der Waals surface area contributed by atoms with Crippen LogP contribution in [0.2, 0.25) is 0 Å². The summed E-state index contributed by atoms with van der Waals surface area (Å²) in [6.45, 7) is 3.15. The Balaban J connectivity index is 2.23. The maximum absolute atomic E-state index is 4.39. The zero-order valence-electron chi connectivity index (χ0n) is 9.78. The summed E-state index contributed by atoms with van der Waals surface area (Å²) in [7, 11) is 0. The van der Waals surface area contributed by atoms with E-state index in [9.17, 15) is 0 Å². The van der Waals surface area contributed by atoms with Crippen LogP contribution in [-0.2, 0) is 0 Å². The van der Waals surface area contributed by atoms with Crippen molar-refractivity contribution in [2.24, 2.45) is 0 Å². The molecule has 0 aliphatic rings. The van der Waals surface area contributed by atoms with Gasteiger partial charge in [0.2, 0.25) is 0 Å². The number of hydrogen-bond donors (Lipinski definition) is 1. The number of pyridine rings is 1. The van der Waals surface area contributed by atoms with Gasteiger partial charge < -0.3 is 5.32 Å². The summed E-state index contributed by atoms with van der Waals surface area (Å²) in [6.07, 6.45) is 2.96. The Labute approximate surface area is 110 Å². The smallest absolute Gasteiger partial charge is 0.0722 e. The van der Waals surface area contributed by atoms with Crippen molar-refractivity contribution < 1.29 is 0 Å². The predicted octanol–water partition coefficient (Wildman–Crippen LogP) is 4.33. The minimum Gasteiger partial charge on any atom is -0.385 e. The fourth-order valence-electron chi connectivity index (χ4n) is 1.59. The third-order valence-corrected chi connectivity index (χ3v) is 3.01. The molecular weight excluding hydrogens is 276 g/mol. The summed E-state index contributed by atoms with van der Waals surface area (Å²) < 4.78 is 1.08. The predicted molar refractivity (Wildman–Crippen MR) is 76.2 cm³/mol. The van der Waals surface area contributed by atoms with Crippen LogP contribution in [0.3, 0.4) is 0 Å². The molecule has 0 atom stereocenters. The largest absolute Gasteiger partial charge is 0.385 e. The van der Waals surface area contributed by atoms with Gasteiger partial charge in [0.25, 0.3) is 0 Å². The number of anilines is 1. The molecule has 2 rings (SSSR count). The molecule has 0 radical (unpaired) electrons. The van der Waals surface area contributed by atoms with Gasteiger partial charge in [0.05, 0.1) is 5.69 Å². The second kappa shape index (κ2) is 5.82. The van der Waals surface area contributed by atoms with Crippen molar-refractivity contribution in [1.82, 2.24) is 4.98 Å². The number of hydrogen-bond acceptors (Lipinski definition) is 2. The lowest BCUT2D eigenvalue weighted by Gasteiger charge is -2.06. The van der Waals surface area contributed by atoms with Crippen LogP contribution < -0.4 is 5.32 Å². The number of nitrogens with zero attached hydrogens (tertiary/aromatic N) is 1. The van der Waals surface area contributed by atoms with Crippen LogP contribution in [0.25, 0.3) is 11.3 Å². The van der Waals surface area contributed by atoms with Crippen molar-refractivity contribution in [2.75, 3.05) is 11.9 Å². The molecule has 2 aromatic rings. The topological polar surface area (TPSA) is 24.9 Å². The Kier molecular flexibility index (Phi) is 4.15. The summed E-state index contributed by atoms with van der Waals surface area (Å²) >= 11 is 3.43. The lowest BCUT2D eigenvalue weighted by Crippen LogP contribution is -1.99. The van der Waals surface area contributed by atoms with E-state index in [1.54, 1.807) is 0 Å².